The van der Waals surface area contributed by atoms with E-state index >= 15 is 0 Å². The number of para-hydroxylation sites is 1. The summed E-state index contributed by atoms with van der Waals surface area (Å²) in [6, 6.07) is 15.4. The highest BCUT2D eigenvalue weighted by molar-refractivity contribution is 6.38. The first-order valence-electron chi connectivity index (χ1n) is 7.42. The monoisotopic (exact) mass is 328 g/mol. The highest BCUT2D eigenvalue weighted by Crippen LogP contribution is 2.33. The maximum Gasteiger partial charge on any atom is 0.356 e. The molecule has 0 saturated heterocycles. The topological polar surface area (TPSA) is 57.2 Å². The minimum Gasteiger partial charge on any atom is -0.461 e. The van der Waals surface area contributed by atoms with Gasteiger partial charge in [0, 0.05) is 17.6 Å². The van der Waals surface area contributed by atoms with Gasteiger partial charge >= 0.3 is 5.97 Å². The zero-order chi connectivity index (χ0) is 16.4. The second-order valence-electron chi connectivity index (χ2n) is 5.11. The molecule has 2 N–H and O–H groups in total. The average molecular weight is 329 g/mol. The van der Waals surface area contributed by atoms with Crippen molar-refractivity contribution in [2.75, 3.05) is 6.61 Å². The average Bonchev–Trinajstić information content (AvgIpc) is 2.88. The van der Waals surface area contributed by atoms with Gasteiger partial charge in [-0.1, -0.05) is 41.9 Å². The molecular formula is C18H17ClN2O2. The van der Waals surface area contributed by atoms with Crippen molar-refractivity contribution in [3.05, 3.63) is 64.8 Å². The minimum absolute atomic E-state index is 0.294. The molecular weight excluding hydrogens is 312 g/mol. The summed E-state index contributed by atoms with van der Waals surface area (Å²) in [5, 5.41) is 1.22. The number of nitrogens with zero attached hydrogens (tertiary/aromatic N) is 1. The van der Waals surface area contributed by atoms with E-state index in [1.54, 1.807) is 6.92 Å². The molecule has 0 aliphatic carbocycles. The Morgan fingerprint density at radius 2 is 1.87 bits per heavy atom. The molecule has 3 aromatic rings. The number of halogens is 1. The van der Waals surface area contributed by atoms with E-state index in [9.17, 15) is 4.79 Å². The van der Waals surface area contributed by atoms with Gasteiger partial charge in [-0.15, -0.1) is 0 Å². The molecule has 23 heavy (non-hydrogen) atoms. The van der Waals surface area contributed by atoms with Gasteiger partial charge in [-0.3, -0.25) is 0 Å². The third-order valence-corrected chi connectivity index (χ3v) is 4.09. The fourth-order valence-electron chi connectivity index (χ4n) is 2.63. The summed E-state index contributed by atoms with van der Waals surface area (Å²) in [4.78, 5) is 12.4. The van der Waals surface area contributed by atoms with Crippen molar-refractivity contribution in [2.45, 2.75) is 13.5 Å². The lowest BCUT2D eigenvalue weighted by molar-refractivity contribution is 0.0518. The number of esters is 1. The summed E-state index contributed by atoms with van der Waals surface area (Å²) in [7, 11) is 0. The second-order valence-corrected chi connectivity index (χ2v) is 5.48. The zero-order valence-corrected chi connectivity index (χ0v) is 13.5. The van der Waals surface area contributed by atoms with Gasteiger partial charge in [0.25, 0.3) is 0 Å². The Balaban J connectivity index is 2.27. The summed E-state index contributed by atoms with van der Waals surface area (Å²) in [5.74, 6) is -0.434. The predicted molar refractivity (Wildman–Crippen MR) is 92.1 cm³/mol. The van der Waals surface area contributed by atoms with Crippen LogP contribution in [0.1, 0.15) is 23.0 Å². The Hall–Kier alpha value is -2.30. The van der Waals surface area contributed by atoms with Gasteiger partial charge < -0.3 is 15.0 Å². The molecule has 0 aliphatic heterocycles. The lowest BCUT2D eigenvalue weighted by atomic mass is 10.2. The number of aromatic nitrogens is 1. The van der Waals surface area contributed by atoms with Gasteiger partial charge in [-0.25, -0.2) is 4.79 Å². The van der Waals surface area contributed by atoms with Crippen LogP contribution in [0.4, 0.5) is 0 Å². The van der Waals surface area contributed by atoms with Gasteiger partial charge in [0.1, 0.15) is 0 Å². The Bertz CT molecular complexity index is 853. The van der Waals surface area contributed by atoms with Crippen molar-refractivity contribution in [2.24, 2.45) is 5.73 Å². The number of benzene rings is 2. The largest absolute Gasteiger partial charge is 0.461 e. The summed E-state index contributed by atoms with van der Waals surface area (Å²) < 4.78 is 7.01. The maximum atomic E-state index is 12.4. The number of hydrogen-bond acceptors (Lipinski definition) is 3. The quantitative estimate of drug-likeness (QED) is 0.738. The molecule has 0 spiro atoms. The van der Waals surface area contributed by atoms with Crippen LogP contribution >= 0.6 is 11.6 Å². The van der Waals surface area contributed by atoms with E-state index in [0.29, 0.717) is 23.9 Å². The van der Waals surface area contributed by atoms with Crippen LogP contribution < -0.4 is 5.73 Å². The van der Waals surface area contributed by atoms with Crippen LogP contribution in [-0.4, -0.2) is 17.1 Å². The summed E-state index contributed by atoms with van der Waals surface area (Å²) >= 11 is 6.46. The number of carbonyl (C=O) groups is 1. The van der Waals surface area contributed by atoms with E-state index in [0.717, 1.165) is 22.2 Å². The van der Waals surface area contributed by atoms with Crippen molar-refractivity contribution in [1.82, 2.24) is 4.57 Å². The van der Waals surface area contributed by atoms with E-state index in [4.69, 9.17) is 22.1 Å². The number of rotatable bonds is 4. The summed E-state index contributed by atoms with van der Waals surface area (Å²) in [6.07, 6.45) is 0. The van der Waals surface area contributed by atoms with Gasteiger partial charge in [-0.05, 0) is 30.7 Å². The van der Waals surface area contributed by atoms with Crippen LogP contribution in [0.15, 0.2) is 48.5 Å². The first-order chi connectivity index (χ1) is 11.2. The summed E-state index contributed by atoms with van der Waals surface area (Å²) in [5.41, 5.74) is 8.72. The molecule has 0 unspecified atom stereocenters. The molecule has 1 aromatic heterocycles. The van der Waals surface area contributed by atoms with Gasteiger partial charge in [0.05, 0.1) is 17.1 Å². The van der Waals surface area contributed by atoms with Crippen LogP contribution in [0.3, 0.4) is 0 Å². The number of hydrogen-bond donors (Lipinski definition) is 1. The highest BCUT2D eigenvalue weighted by atomic mass is 35.5. The Morgan fingerprint density at radius 1 is 1.17 bits per heavy atom. The fraction of sp³-hybridized carbons (Fsp3) is 0.167. The molecule has 4 nitrogen and oxygen atoms in total. The van der Waals surface area contributed by atoms with E-state index in [1.807, 2.05) is 53.1 Å². The SMILES string of the molecule is CCOC(=O)c1c(Cl)c2ccccc2n1-c1ccc(CN)cc1. The minimum atomic E-state index is -0.434. The lowest BCUT2D eigenvalue weighted by Crippen LogP contribution is -2.11. The molecule has 0 radical (unpaired) electrons. The Morgan fingerprint density at radius 3 is 2.52 bits per heavy atom. The van der Waals surface area contributed by atoms with E-state index < -0.39 is 5.97 Å². The van der Waals surface area contributed by atoms with Gasteiger partial charge in [0.2, 0.25) is 0 Å². The molecule has 0 bridgehead atoms. The van der Waals surface area contributed by atoms with Crippen molar-refractivity contribution < 1.29 is 9.53 Å². The van der Waals surface area contributed by atoms with Crippen LogP contribution in [0.5, 0.6) is 0 Å². The Kier molecular flexibility index (Phi) is 4.37. The standard InChI is InChI=1S/C18H17ClN2O2/c1-2-23-18(22)17-16(19)14-5-3-4-6-15(14)21(17)13-9-7-12(11-20)8-10-13/h3-10H,2,11,20H2,1H3. The van der Waals surface area contributed by atoms with Gasteiger partial charge in [0.15, 0.2) is 5.69 Å². The molecule has 5 heteroatoms. The Labute approximate surface area is 139 Å². The second kappa shape index (κ2) is 6.44. The zero-order valence-electron chi connectivity index (χ0n) is 12.8. The van der Waals surface area contributed by atoms with Crippen LogP contribution in [-0.2, 0) is 11.3 Å². The smallest absolute Gasteiger partial charge is 0.356 e. The molecule has 1 heterocycles. The normalized spacial score (nSPS) is 10.9. The van der Waals surface area contributed by atoms with E-state index in [-0.39, 0.29) is 0 Å². The van der Waals surface area contributed by atoms with Crippen molar-refractivity contribution in [3.63, 3.8) is 0 Å². The molecule has 0 aliphatic rings. The molecule has 3 rings (SSSR count). The van der Waals surface area contributed by atoms with Crippen LogP contribution in [0.2, 0.25) is 5.02 Å². The molecule has 0 fully saturated rings. The summed E-state index contributed by atoms with van der Waals surface area (Å²) in [6.45, 7) is 2.54. The number of ether oxygens (including phenoxy) is 1. The van der Waals surface area contributed by atoms with Crippen LogP contribution in [0.25, 0.3) is 16.6 Å². The number of nitrogens with two attached hydrogens (primary N) is 1. The third kappa shape index (κ3) is 2.71. The molecule has 0 saturated carbocycles. The maximum absolute atomic E-state index is 12.4. The number of fused-ring (bicyclic) bond motifs is 1. The lowest BCUT2D eigenvalue weighted by Gasteiger charge is -2.11. The molecule has 0 atom stereocenters. The molecule has 2 aromatic carbocycles. The van der Waals surface area contributed by atoms with Crippen molar-refractivity contribution >= 4 is 28.5 Å². The molecule has 0 amide bonds. The van der Waals surface area contributed by atoms with E-state index in [1.165, 1.54) is 0 Å². The predicted octanol–water partition coefficient (Wildman–Crippen LogP) is 3.92. The van der Waals surface area contributed by atoms with E-state index in [2.05, 4.69) is 0 Å². The van der Waals surface area contributed by atoms with Gasteiger partial charge in [-0.2, -0.15) is 0 Å². The van der Waals surface area contributed by atoms with Crippen molar-refractivity contribution in [3.8, 4) is 5.69 Å². The highest BCUT2D eigenvalue weighted by Gasteiger charge is 2.23. The fourth-order valence-corrected chi connectivity index (χ4v) is 2.95. The first kappa shape index (κ1) is 15.6. The first-order valence-corrected chi connectivity index (χ1v) is 7.80. The van der Waals surface area contributed by atoms with Crippen molar-refractivity contribution in [1.29, 1.82) is 0 Å². The third-order valence-electron chi connectivity index (χ3n) is 3.71. The number of carbonyl (C=O) groups excluding carboxylic acids is 1. The van der Waals surface area contributed by atoms with Crippen LogP contribution in [0, 0.1) is 0 Å². The molecule has 118 valence electrons.